The van der Waals surface area contributed by atoms with Crippen molar-refractivity contribution >= 4 is 62.0 Å². The van der Waals surface area contributed by atoms with Gasteiger partial charge >= 0.3 is 0 Å². The lowest BCUT2D eigenvalue weighted by atomic mass is 10.0. The lowest BCUT2D eigenvalue weighted by Crippen LogP contribution is -2.62. The Bertz CT molecular complexity index is 1540. The number of allylic oxidation sites excluding steroid dienone is 1. The van der Waals surface area contributed by atoms with E-state index in [1.165, 1.54) is 10.4 Å². The fourth-order valence-electron chi connectivity index (χ4n) is 5.22. The Hall–Kier alpha value is -3.14. The highest BCUT2D eigenvalue weighted by molar-refractivity contribution is 7.92. The molecule has 198 valence electrons. The van der Waals surface area contributed by atoms with E-state index in [0.717, 1.165) is 16.8 Å². The van der Waals surface area contributed by atoms with Crippen molar-refractivity contribution in [3.8, 4) is 0 Å². The number of thiocarbonyl (C=S) groups is 1. The van der Waals surface area contributed by atoms with E-state index in [0.29, 0.717) is 46.6 Å². The summed E-state index contributed by atoms with van der Waals surface area (Å²) in [6.45, 7) is 5.74. The van der Waals surface area contributed by atoms with Crippen molar-refractivity contribution < 1.29 is 12.8 Å². The first-order valence-electron chi connectivity index (χ1n) is 12.2. The largest absolute Gasteiger partial charge is 0.376 e. The van der Waals surface area contributed by atoms with E-state index in [9.17, 15) is 12.8 Å². The van der Waals surface area contributed by atoms with Crippen molar-refractivity contribution in [3.05, 3.63) is 88.2 Å². The van der Waals surface area contributed by atoms with Gasteiger partial charge in [0, 0.05) is 25.2 Å². The monoisotopic (exact) mass is 570 g/mol. The number of fused-ring (bicyclic) bond motifs is 3. The van der Waals surface area contributed by atoms with Crippen molar-refractivity contribution in [2.45, 2.75) is 24.8 Å². The standard InChI is InChI=1S/C28H28ClFN4O2S2/c1-18-5-3-6-22(13-18)38(35,36)34-17-21-16-32(28(31)37)11-12-33(21)25-10-9-20(15-26(25)34)14-19(2)27-23(29)7-4-8-24(27)30/h3-10,13-15,21H,11-12,16-17H2,1-2H3,(H2,31,37)/b19-14+/t21-/m0/s1. The van der Waals surface area contributed by atoms with Gasteiger partial charge in [-0.05, 0) is 79.2 Å². The van der Waals surface area contributed by atoms with Gasteiger partial charge in [-0.2, -0.15) is 0 Å². The van der Waals surface area contributed by atoms with Crippen LogP contribution in [0.25, 0.3) is 11.6 Å². The molecule has 2 heterocycles. The molecule has 5 rings (SSSR count). The molecule has 3 aromatic rings. The SMILES string of the molecule is C/C(=C\c1ccc2c(c1)N(S(=O)(=O)c1cccc(C)c1)C[C@@H]1CN(C(N)=S)CCN21)c1c(F)cccc1Cl. The third-order valence-corrected chi connectivity index (χ3v) is 9.42. The summed E-state index contributed by atoms with van der Waals surface area (Å²) in [7, 11) is -3.87. The zero-order chi connectivity index (χ0) is 27.2. The minimum atomic E-state index is -3.87. The van der Waals surface area contributed by atoms with E-state index in [-0.39, 0.29) is 17.5 Å². The second-order valence-corrected chi connectivity index (χ2v) is 12.3. The highest BCUT2D eigenvalue weighted by atomic mass is 35.5. The Labute approximate surface area is 233 Å². The van der Waals surface area contributed by atoms with Crippen molar-refractivity contribution in [3.63, 3.8) is 0 Å². The van der Waals surface area contributed by atoms with Gasteiger partial charge in [0.1, 0.15) is 5.82 Å². The number of sulfonamides is 1. The van der Waals surface area contributed by atoms with E-state index < -0.39 is 15.8 Å². The summed E-state index contributed by atoms with van der Waals surface area (Å²) >= 11 is 11.5. The molecule has 3 aromatic carbocycles. The molecule has 10 heteroatoms. The normalized spacial score (nSPS) is 17.7. The summed E-state index contributed by atoms with van der Waals surface area (Å²) in [6, 6.07) is 17.0. The molecule has 0 radical (unpaired) electrons. The number of anilines is 2. The first kappa shape index (κ1) is 26.5. The maximum atomic E-state index is 14.5. The van der Waals surface area contributed by atoms with Crippen LogP contribution in [0.4, 0.5) is 15.8 Å². The van der Waals surface area contributed by atoms with Crippen molar-refractivity contribution in [1.29, 1.82) is 0 Å². The number of nitrogens with zero attached hydrogens (tertiary/aromatic N) is 3. The Kier molecular flexibility index (Phi) is 7.11. The second kappa shape index (κ2) is 10.2. The van der Waals surface area contributed by atoms with Gasteiger partial charge in [0.2, 0.25) is 0 Å². The number of nitrogens with two attached hydrogens (primary N) is 1. The number of hydrogen-bond donors (Lipinski definition) is 1. The van der Waals surface area contributed by atoms with Crippen molar-refractivity contribution in [2.24, 2.45) is 5.73 Å². The summed E-state index contributed by atoms with van der Waals surface area (Å²) in [5.74, 6) is -0.411. The van der Waals surface area contributed by atoms with Gasteiger partial charge in [0.05, 0.1) is 33.9 Å². The minimum absolute atomic E-state index is 0.127. The fraction of sp³-hybridized carbons (Fsp3) is 0.250. The predicted molar refractivity (Wildman–Crippen MR) is 157 cm³/mol. The van der Waals surface area contributed by atoms with Crippen LogP contribution in [0.2, 0.25) is 5.02 Å². The molecule has 0 saturated carbocycles. The lowest BCUT2D eigenvalue weighted by molar-refractivity contribution is 0.328. The number of aryl methyl sites for hydroxylation is 1. The molecular weight excluding hydrogens is 543 g/mol. The van der Waals surface area contributed by atoms with E-state index in [1.54, 1.807) is 37.3 Å². The molecule has 0 aliphatic carbocycles. The highest BCUT2D eigenvalue weighted by Crippen LogP contribution is 2.41. The average Bonchev–Trinajstić information content (AvgIpc) is 2.87. The summed E-state index contributed by atoms with van der Waals surface area (Å²) < 4.78 is 44.0. The third kappa shape index (κ3) is 4.86. The second-order valence-electron chi connectivity index (χ2n) is 9.66. The molecule has 1 fully saturated rings. The smallest absolute Gasteiger partial charge is 0.264 e. The molecule has 2 N–H and O–H groups in total. The van der Waals surface area contributed by atoms with Crippen LogP contribution in [-0.2, 0) is 10.0 Å². The highest BCUT2D eigenvalue weighted by Gasteiger charge is 2.40. The van der Waals surface area contributed by atoms with E-state index in [1.807, 2.05) is 42.2 Å². The fourth-order valence-corrected chi connectivity index (χ4v) is 7.31. The van der Waals surface area contributed by atoms with Crippen LogP contribution < -0.4 is 14.9 Å². The van der Waals surface area contributed by atoms with Gasteiger partial charge in [-0.15, -0.1) is 0 Å². The van der Waals surface area contributed by atoms with Crippen LogP contribution in [0, 0.1) is 12.7 Å². The maximum Gasteiger partial charge on any atom is 0.264 e. The van der Waals surface area contributed by atoms with Crippen LogP contribution in [0.3, 0.4) is 0 Å². The number of benzene rings is 3. The van der Waals surface area contributed by atoms with Crippen LogP contribution in [0.1, 0.15) is 23.6 Å². The van der Waals surface area contributed by atoms with Gasteiger partial charge in [0.25, 0.3) is 10.0 Å². The topological polar surface area (TPSA) is 69.9 Å². The lowest BCUT2D eigenvalue weighted by Gasteiger charge is -2.49. The summed E-state index contributed by atoms with van der Waals surface area (Å²) in [5, 5.41) is 0.630. The average molecular weight is 571 g/mol. The Morgan fingerprint density at radius 2 is 1.84 bits per heavy atom. The van der Waals surface area contributed by atoms with Crippen molar-refractivity contribution in [1.82, 2.24) is 4.90 Å². The quantitative estimate of drug-likeness (QED) is 0.339. The number of halogens is 2. The molecule has 38 heavy (non-hydrogen) atoms. The number of hydrogen-bond acceptors (Lipinski definition) is 4. The van der Waals surface area contributed by atoms with Gasteiger partial charge in [-0.1, -0.05) is 41.9 Å². The molecular formula is C28H28ClFN4O2S2. The minimum Gasteiger partial charge on any atom is -0.376 e. The molecule has 0 aromatic heterocycles. The predicted octanol–water partition coefficient (Wildman–Crippen LogP) is 5.29. The summed E-state index contributed by atoms with van der Waals surface area (Å²) in [6.07, 6.45) is 1.82. The van der Waals surface area contributed by atoms with Crippen molar-refractivity contribution in [2.75, 3.05) is 35.4 Å². The Morgan fingerprint density at radius 1 is 1.08 bits per heavy atom. The Morgan fingerprint density at radius 3 is 2.55 bits per heavy atom. The molecule has 2 aliphatic heterocycles. The van der Waals surface area contributed by atoms with Crippen LogP contribution in [0.15, 0.2) is 65.6 Å². The third-order valence-electron chi connectivity index (χ3n) is 7.07. The molecule has 0 spiro atoms. The van der Waals surface area contributed by atoms with Gasteiger partial charge in [-0.3, -0.25) is 4.31 Å². The zero-order valence-corrected chi connectivity index (χ0v) is 23.5. The molecule has 2 aliphatic rings. The van der Waals surface area contributed by atoms with Gasteiger partial charge in [-0.25, -0.2) is 12.8 Å². The van der Waals surface area contributed by atoms with Crippen LogP contribution in [0.5, 0.6) is 0 Å². The first-order chi connectivity index (χ1) is 18.1. The summed E-state index contributed by atoms with van der Waals surface area (Å²) in [5.41, 5.74) is 9.87. The zero-order valence-electron chi connectivity index (χ0n) is 21.1. The summed E-state index contributed by atoms with van der Waals surface area (Å²) in [4.78, 5) is 4.37. The van der Waals surface area contributed by atoms with E-state index >= 15 is 0 Å². The maximum absolute atomic E-state index is 14.5. The van der Waals surface area contributed by atoms with Crippen LogP contribution >= 0.6 is 23.8 Å². The number of piperazine rings is 1. The van der Waals surface area contributed by atoms with Gasteiger partial charge in [0.15, 0.2) is 5.11 Å². The molecule has 1 atom stereocenters. The first-order valence-corrected chi connectivity index (χ1v) is 14.5. The van der Waals surface area contributed by atoms with E-state index in [2.05, 4.69) is 4.90 Å². The molecule has 0 unspecified atom stereocenters. The molecule has 6 nitrogen and oxygen atoms in total. The van der Waals surface area contributed by atoms with E-state index in [4.69, 9.17) is 29.6 Å². The molecule has 1 saturated heterocycles. The molecule has 0 bridgehead atoms. The number of rotatable bonds is 4. The van der Waals surface area contributed by atoms with Crippen LogP contribution in [-0.4, -0.2) is 50.7 Å². The van der Waals surface area contributed by atoms with Gasteiger partial charge < -0.3 is 15.5 Å². The molecule has 0 amide bonds. The Balaban J connectivity index is 1.62.